The number of anilines is 1. The monoisotopic (exact) mass is 229 g/mol. The summed E-state index contributed by atoms with van der Waals surface area (Å²) in [6, 6.07) is 0. The highest BCUT2D eigenvalue weighted by Crippen LogP contribution is 2.28. The van der Waals surface area contributed by atoms with E-state index >= 15 is 0 Å². The molecule has 88 valence electrons. The predicted molar refractivity (Wildman–Crippen MR) is 65.4 cm³/mol. The van der Waals surface area contributed by atoms with Crippen molar-refractivity contribution in [2.45, 2.75) is 26.2 Å². The molecule has 1 aliphatic carbocycles. The quantitative estimate of drug-likeness (QED) is 0.799. The maximum absolute atomic E-state index is 5.99. The summed E-state index contributed by atoms with van der Waals surface area (Å²) in [5, 5.41) is 4.21. The number of nitrogen functional groups attached to an aromatic ring is 1. The van der Waals surface area contributed by atoms with Crippen LogP contribution in [-0.2, 0) is 19.9 Å². The van der Waals surface area contributed by atoms with Crippen LogP contribution in [0.15, 0.2) is 6.20 Å². The summed E-state index contributed by atoms with van der Waals surface area (Å²) in [4.78, 5) is 9.02. The Labute approximate surface area is 99.7 Å². The third kappa shape index (κ3) is 1.50. The molecule has 1 aliphatic rings. The van der Waals surface area contributed by atoms with Gasteiger partial charge in [0.25, 0.3) is 0 Å². The van der Waals surface area contributed by atoms with E-state index in [0.29, 0.717) is 11.6 Å². The van der Waals surface area contributed by atoms with Crippen molar-refractivity contribution in [2.75, 3.05) is 5.73 Å². The van der Waals surface area contributed by atoms with Crippen LogP contribution in [0.5, 0.6) is 0 Å². The first kappa shape index (κ1) is 10.3. The van der Waals surface area contributed by atoms with Crippen LogP contribution >= 0.6 is 0 Å². The first-order valence-electron chi connectivity index (χ1n) is 5.81. The number of aromatic nitrogens is 4. The molecule has 0 aliphatic heterocycles. The molecule has 2 N–H and O–H groups in total. The van der Waals surface area contributed by atoms with E-state index in [1.165, 1.54) is 0 Å². The highest BCUT2D eigenvalue weighted by atomic mass is 15.3. The van der Waals surface area contributed by atoms with E-state index < -0.39 is 0 Å². The van der Waals surface area contributed by atoms with Gasteiger partial charge in [-0.25, -0.2) is 9.97 Å². The highest BCUT2D eigenvalue weighted by molar-refractivity contribution is 5.61. The van der Waals surface area contributed by atoms with Crippen LogP contribution in [0.3, 0.4) is 0 Å². The van der Waals surface area contributed by atoms with Crippen LogP contribution in [0, 0.1) is 6.92 Å². The van der Waals surface area contributed by atoms with E-state index in [9.17, 15) is 0 Å². The largest absolute Gasteiger partial charge is 0.383 e. The van der Waals surface area contributed by atoms with Crippen molar-refractivity contribution in [3.63, 3.8) is 0 Å². The van der Waals surface area contributed by atoms with Gasteiger partial charge in [-0.2, -0.15) is 5.10 Å². The number of fused-ring (bicyclic) bond motifs is 1. The van der Waals surface area contributed by atoms with Gasteiger partial charge in [0.05, 0.1) is 11.8 Å². The van der Waals surface area contributed by atoms with Crippen LogP contribution in [-0.4, -0.2) is 19.7 Å². The van der Waals surface area contributed by atoms with Gasteiger partial charge in [0.1, 0.15) is 5.82 Å². The molecule has 0 atom stereocenters. The Kier molecular flexibility index (Phi) is 2.14. The predicted octanol–water partition coefficient (Wildman–Crippen LogP) is 1.26. The summed E-state index contributed by atoms with van der Waals surface area (Å²) in [6.45, 7) is 2.01. The van der Waals surface area contributed by atoms with E-state index in [2.05, 4.69) is 15.1 Å². The maximum Gasteiger partial charge on any atom is 0.165 e. The summed E-state index contributed by atoms with van der Waals surface area (Å²) in [6.07, 6.45) is 4.94. The molecule has 2 aromatic heterocycles. The molecule has 0 aromatic carbocycles. The van der Waals surface area contributed by atoms with Crippen LogP contribution in [0.4, 0.5) is 5.82 Å². The lowest BCUT2D eigenvalue weighted by Gasteiger charge is -2.06. The summed E-state index contributed by atoms with van der Waals surface area (Å²) in [5.74, 6) is 1.33. The Morgan fingerprint density at radius 2 is 2.12 bits per heavy atom. The zero-order chi connectivity index (χ0) is 12.0. The molecule has 0 unspecified atom stereocenters. The van der Waals surface area contributed by atoms with Crippen molar-refractivity contribution in [2.24, 2.45) is 7.05 Å². The zero-order valence-corrected chi connectivity index (χ0v) is 10.1. The first-order chi connectivity index (χ1) is 8.16. The lowest BCUT2D eigenvalue weighted by Crippen LogP contribution is -2.03. The summed E-state index contributed by atoms with van der Waals surface area (Å²) < 4.78 is 1.82. The van der Waals surface area contributed by atoms with Gasteiger partial charge < -0.3 is 5.73 Å². The SMILES string of the molecule is Cc1c(-c2nc(N)c3c(n2)CCC3)cnn1C. The van der Waals surface area contributed by atoms with Gasteiger partial charge in [0, 0.05) is 24.0 Å². The molecule has 0 bridgehead atoms. The van der Waals surface area contributed by atoms with Crippen molar-refractivity contribution >= 4 is 5.82 Å². The van der Waals surface area contributed by atoms with Gasteiger partial charge >= 0.3 is 0 Å². The molecular weight excluding hydrogens is 214 g/mol. The number of aryl methyl sites for hydroxylation is 2. The van der Waals surface area contributed by atoms with Gasteiger partial charge in [-0.15, -0.1) is 0 Å². The van der Waals surface area contributed by atoms with Crippen LogP contribution < -0.4 is 5.73 Å². The smallest absolute Gasteiger partial charge is 0.165 e. The van der Waals surface area contributed by atoms with Crippen LogP contribution in [0.1, 0.15) is 23.4 Å². The molecule has 0 saturated heterocycles. The van der Waals surface area contributed by atoms with E-state index in [1.54, 1.807) is 6.20 Å². The van der Waals surface area contributed by atoms with Crippen molar-refractivity contribution in [1.82, 2.24) is 19.7 Å². The molecule has 5 heteroatoms. The van der Waals surface area contributed by atoms with Gasteiger partial charge in [-0.3, -0.25) is 4.68 Å². The van der Waals surface area contributed by atoms with E-state index in [0.717, 1.165) is 41.8 Å². The fourth-order valence-corrected chi connectivity index (χ4v) is 2.30. The molecule has 0 amide bonds. The van der Waals surface area contributed by atoms with Gasteiger partial charge in [0.2, 0.25) is 0 Å². The fraction of sp³-hybridized carbons (Fsp3) is 0.417. The second-order valence-electron chi connectivity index (χ2n) is 4.48. The Hall–Kier alpha value is -1.91. The molecule has 17 heavy (non-hydrogen) atoms. The molecule has 0 saturated carbocycles. The molecule has 2 aromatic rings. The number of rotatable bonds is 1. The molecule has 3 rings (SSSR count). The minimum atomic E-state index is 0.630. The van der Waals surface area contributed by atoms with Gasteiger partial charge in [0.15, 0.2) is 5.82 Å². The Morgan fingerprint density at radius 3 is 2.82 bits per heavy atom. The Bertz CT molecular complexity index is 585. The fourth-order valence-electron chi connectivity index (χ4n) is 2.30. The summed E-state index contributed by atoms with van der Waals surface area (Å²) in [5.41, 5.74) is 10.3. The normalized spacial score (nSPS) is 14.0. The topological polar surface area (TPSA) is 69.6 Å². The second kappa shape index (κ2) is 3.55. The van der Waals surface area contributed by atoms with E-state index in [-0.39, 0.29) is 0 Å². The molecule has 2 heterocycles. The van der Waals surface area contributed by atoms with Crippen molar-refractivity contribution < 1.29 is 0 Å². The number of nitrogens with zero attached hydrogens (tertiary/aromatic N) is 4. The Balaban J connectivity index is 2.16. The Morgan fingerprint density at radius 1 is 1.29 bits per heavy atom. The van der Waals surface area contributed by atoms with Crippen LogP contribution in [0.25, 0.3) is 11.4 Å². The second-order valence-corrected chi connectivity index (χ2v) is 4.48. The minimum absolute atomic E-state index is 0.630. The molecular formula is C12H15N5. The first-order valence-corrected chi connectivity index (χ1v) is 5.81. The molecule has 5 nitrogen and oxygen atoms in total. The van der Waals surface area contributed by atoms with Gasteiger partial charge in [-0.05, 0) is 26.2 Å². The third-order valence-corrected chi connectivity index (χ3v) is 3.44. The van der Waals surface area contributed by atoms with E-state index in [1.807, 2.05) is 18.7 Å². The third-order valence-electron chi connectivity index (χ3n) is 3.44. The number of hydrogen-bond donors (Lipinski definition) is 1. The summed E-state index contributed by atoms with van der Waals surface area (Å²) in [7, 11) is 1.91. The molecule has 0 spiro atoms. The van der Waals surface area contributed by atoms with Crippen molar-refractivity contribution in [3.8, 4) is 11.4 Å². The number of hydrogen-bond acceptors (Lipinski definition) is 4. The highest BCUT2D eigenvalue weighted by Gasteiger charge is 2.19. The van der Waals surface area contributed by atoms with Crippen molar-refractivity contribution in [1.29, 1.82) is 0 Å². The van der Waals surface area contributed by atoms with Crippen molar-refractivity contribution in [3.05, 3.63) is 23.1 Å². The van der Waals surface area contributed by atoms with Crippen LogP contribution in [0.2, 0.25) is 0 Å². The van der Waals surface area contributed by atoms with E-state index in [4.69, 9.17) is 5.73 Å². The average molecular weight is 229 g/mol. The summed E-state index contributed by atoms with van der Waals surface area (Å²) >= 11 is 0. The van der Waals surface area contributed by atoms with Gasteiger partial charge in [-0.1, -0.05) is 0 Å². The lowest BCUT2D eigenvalue weighted by molar-refractivity contribution is 0.740. The maximum atomic E-state index is 5.99. The molecule has 0 fully saturated rings. The average Bonchev–Trinajstić information content (AvgIpc) is 2.88. The standard InChI is InChI=1S/C12H15N5/c1-7-9(6-14-17(7)2)12-15-10-5-3-4-8(10)11(13)16-12/h6H,3-5H2,1-2H3,(H2,13,15,16). The lowest BCUT2D eigenvalue weighted by atomic mass is 10.2. The zero-order valence-electron chi connectivity index (χ0n) is 10.1. The molecule has 0 radical (unpaired) electrons. The number of nitrogens with two attached hydrogens (primary N) is 1. The minimum Gasteiger partial charge on any atom is -0.383 e.